The summed E-state index contributed by atoms with van der Waals surface area (Å²) >= 11 is 0. The number of ether oxygens (including phenoxy) is 1. The third-order valence-electron chi connectivity index (χ3n) is 4.79. The number of rotatable bonds is 3. The van der Waals surface area contributed by atoms with Gasteiger partial charge in [0.1, 0.15) is 0 Å². The lowest BCUT2D eigenvalue weighted by Gasteiger charge is -2.30. The zero-order valence-corrected chi connectivity index (χ0v) is 13.5. The van der Waals surface area contributed by atoms with E-state index < -0.39 is 0 Å². The van der Waals surface area contributed by atoms with Crippen LogP contribution < -0.4 is 4.90 Å². The molecule has 4 heterocycles. The Hall–Kier alpha value is -2.35. The molecule has 0 radical (unpaired) electrons. The third-order valence-corrected chi connectivity index (χ3v) is 4.79. The highest BCUT2D eigenvalue weighted by Crippen LogP contribution is 2.27. The Kier molecular flexibility index (Phi) is 4.20. The molecule has 128 valence electrons. The number of H-pyrrole nitrogens is 1. The summed E-state index contributed by atoms with van der Waals surface area (Å²) in [5.41, 5.74) is 1.15. The molecule has 2 saturated heterocycles. The number of nitrogens with one attached hydrogen (secondary N) is 1. The first-order chi connectivity index (χ1) is 11.8. The van der Waals surface area contributed by atoms with Crippen molar-refractivity contribution in [3.05, 3.63) is 29.8 Å². The summed E-state index contributed by atoms with van der Waals surface area (Å²) in [6, 6.07) is 3.75. The van der Waals surface area contributed by atoms with E-state index in [4.69, 9.17) is 9.26 Å². The number of carbonyl (C=O) groups is 1. The van der Waals surface area contributed by atoms with Gasteiger partial charge in [0.05, 0.1) is 13.2 Å². The molecule has 2 fully saturated rings. The number of piperidine rings is 1. The van der Waals surface area contributed by atoms with Crippen molar-refractivity contribution in [1.29, 1.82) is 0 Å². The van der Waals surface area contributed by atoms with E-state index in [1.54, 1.807) is 12.3 Å². The molecule has 0 unspecified atom stereocenters. The number of likely N-dealkylation sites (tertiary alicyclic amines) is 1. The Morgan fingerprint density at radius 2 is 2.00 bits per heavy atom. The standard InChI is InChI=1S/C16H21N5O3/c22-16(14-11-15(19-24-14)20-7-9-23-10-8-20)21-5-2-12(3-6-21)13-1-4-17-18-13/h1,4,11-12H,2-3,5-10H2,(H,17,18). The smallest absolute Gasteiger partial charge is 0.292 e. The van der Waals surface area contributed by atoms with Gasteiger partial charge < -0.3 is 19.1 Å². The molecule has 2 aliphatic rings. The molecule has 0 bridgehead atoms. The number of morpholine rings is 1. The first-order valence-electron chi connectivity index (χ1n) is 8.39. The maximum absolute atomic E-state index is 12.6. The summed E-state index contributed by atoms with van der Waals surface area (Å²) in [4.78, 5) is 16.5. The molecule has 24 heavy (non-hydrogen) atoms. The van der Waals surface area contributed by atoms with E-state index in [1.807, 2.05) is 11.0 Å². The summed E-state index contributed by atoms with van der Waals surface area (Å²) in [5, 5.41) is 11.1. The molecule has 1 N–H and O–H groups in total. The van der Waals surface area contributed by atoms with Crippen molar-refractivity contribution < 1.29 is 14.1 Å². The second-order valence-corrected chi connectivity index (χ2v) is 6.23. The average Bonchev–Trinajstić information content (AvgIpc) is 3.34. The number of nitrogens with zero attached hydrogens (tertiary/aromatic N) is 4. The van der Waals surface area contributed by atoms with E-state index in [0.717, 1.165) is 44.7 Å². The molecule has 0 saturated carbocycles. The molecule has 2 aliphatic heterocycles. The van der Waals surface area contributed by atoms with E-state index >= 15 is 0 Å². The Balaban J connectivity index is 1.37. The van der Waals surface area contributed by atoms with Gasteiger partial charge in [-0.05, 0) is 18.9 Å². The molecule has 1 amide bonds. The maximum Gasteiger partial charge on any atom is 0.292 e. The molecule has 8 heteroatoms. The highest BCUT2D eigenvalue weighted by Gasteiger charge is 2.28. The normalized spacial score (nSPS) is 19.7. The van der Waals surface area contributed by atoms with Crippen LogP contribution in [-0.4, -0.2) is 65.6 Å². The fraction of sp³-hybridized carbons (Fsp3) is 0.562. The molecular weight excluding hydrogens is 310 g/mol. The van der Waals surface area contributed by atoms with Crippen LogP contribution in [0.5, 0.6) is 0 Å². The molecule has 2 aromatic rings. The monoisotopic (exact) mass is 331 g/mol. The van der Waals surface area contributed by atoms with E-state index in [0.29, 0.717) is 30.7 Å². The van der Waals surface area contributed by atoms with Gasteiger partial charge in [-0.2, -0.15) is 5.10 Å². The van der Waals surface area contributed by atoms with Gasteiger partial charge in [-0.25, -0.2) is 0 Å². The lowest BCUT2D eigenvalue weighted by molar-refractivity contribution is 0.0670. The first kappa shape index (κ1) is 15.2. The van der Waals surface area contributed by atoms with Gasteiger partial charge in [-0.15, -0.1) is 0 Å². The van der Waals surface area contributed by atoms with E-state index in [9.17, 15) is 4.79 Å². The van der Waals surface area contributed by atoms with Crippen molar-refractivity contribution >= 4 is 11.7 Å². The van der Waals surface area contributed by atoms with Crippen LogP contribution in [0, 0.1) is 0 Å². The number of hydrogen-bond acceptors (Lipinski definition) is 6. The van der Waals surface area contributed by atoms with E-state index in [-0.39, 0.29) is 5.91 Å². The number of anilines is 1. The quantitative estimate of drug-likeness (QED) is 0.911. The van der Waals surface area contributed by atoms with Gasteiger partial charge in [0.2, 0.25) is 5.76 Å². The minimum Gasteiger partial charge on any atom is -0.378 e. The van der Waals surface area contributed by atoms with Crippen LogP contribution in [0.15, 0.2) is 22.9 Å². The van der Waals surface area contributed by atoms with Gasteiger partial charge in [0.25, 0.3) is 5.91 Å². The predicted molar refractivity (Wildman–Crippen MR) is 86.0 cm³/mol. The number of amides is 1. The predicted octanol–water partition coefficient (Wildman–Crippen LogP) is 1.25. The highest BCUT2D eigenvalue weighted by atomic mass is 16.5. The molecule has 0 atom stereocenters. The van der Waals surface area contributed by atoms with Crippen LogP contribution in [0.3, 0.4) is 0 Å². The molecule has 8 nitrogen and oxygen atoms in total. The van der Waals surface area contributed by atoms with Crippen molar-refractivity contribution in [2.75, 3.05) is 44.3 Å². The molecular formula is C16H21N5O3. The number of carbonyl (C=O) groups excluding carboxylic acids is 1. The number of hydrogen-bond donors (Lipinski definition) is 1. The molecule has 2 aromatic heterocycles. The van der Waals surface area contributed by atoms with Crippen LogP contribution >= 0.6 is 0 Å². The maximum atomic E-state index is 12.6. The van der Waals surface area contributed by atoms with Crippen LogP contribution in [0.25, 0.3) is 0 Å². The van der Waals surface area contributed by atoms with Gasteiger partial charge >= 0.3 is 0 Å². The van der Waals surface area contributed by atoms with Gasteiger partial charge in [0.15, 0.2) is 5.82 Å². The van der Waals surface area contributed by atoms with Crippen LogP contribution in [0.2, 0.25) is 0 Å². The minimum atomic E-state index is -0.0786. The lowest BCUT2D eigenvalue weighted by Crippen LogP contribution is -2.38. The SMILES string of the molecule is O=C(c1cc(N2CCOCC2)no1)N1CCC(c2ccn[nH]2)CC1. The largest absolute Gasteiger partial charge is 0.378 e. The van der Waals surface area contributed by atoms with Crippen molar-refractivity contribution in [3.8, 4) is 0 Å². The molecule has 0 aromatic carbocycles. The Morgan fingerprint density at radius 1 is 1.21 bits per heavy atom. The average molecular weight is 331 g/mol. The van der Waals surface area contributed by atoms with E-state index in [2.05, 4.69) is 20.3 Å². The van der Waals surface area contributed by atoms with Crippen LogP contribution in [0.4, 0.5) is 5.82 Å². The Labute approximate surface area is 139 Å². The molecule has 4 rings (SSSR count). The van der Waals surface area contributed by atoms with Crippen LogP contribution in [0.1, 0.15) is 35.0 Å². The van der Waals surface area contributed by atoms with Crippen molar-refractivity contribution in [2.24, 2.45) is 0 Å². The zero-order chi connectivity index (χ0) is 16.4. The van der Waals surface area contributed by atoms with Gasteiger partial charge in [0, 0.05) is 50.1 Å². The van der Waals surface area contributed by atoms with E-state index in [1.165, 1.54) is 0 Å². The Morgan fingerprint density at radius 3 is 2.71 bits per heavy atom. The Bertz CT molecular complexity index is 670. The fourth-order valence-electron chi connectivity index (χ4n) is 3.35. The molecule has 0 spiro atoms. The van der Waals surface area contributed by atoms with Crippen molar-refractivity contribution in [1.82, 2.24) is 20.3 Å². The number of aromatic amines is 1. The van der Waals surface area contributed by atoms with Crippen molar-refractivity contribution in [3.63, 3.8) is 0 Å². The summed E-state index contributed by atoms with van der Waals surface area (Å²) in [7, 11) is 0. The first-order valence-corrected chi connectivity index (χ1v) is 8.39. The minimum absolute atomic E-state index is 0.0786. The molecule has 0 aliphatic carbocycles. The zero-order valence-electron chi connectivity index (χ0n) is 13.5. The van der Waals surface area contributed by atoms with Crippen molar-refractivity contribution in [2.45, 2.75) is 18.8 Å². The van der Waals surface area contributed by atoms with Gasteiger partial charge in [-0.3, -0.25) is 9.89 Å². The summed E-state index contributed by atoms with van der Waals surface area (Å²) < 4.78 is 10.6. The number of aromatic nitrogens is 3. The second kappa shape index (κ2) is 6.64. The lowest BCUT2D eigenvalue weighted by atomic mass is 9.93. The van der Waals surface area contributed by atoms with Crippen LogP contribution in [-0.2, 0) is 4.74 Å². The second-order valence-electron chi connectivity index (χ2n) is 6.23. The fourth-order valence-corrected chi connectivity index (χ4v) is 3.35. The topological polar surface area (TPSA) is 87.5 Å². The highest BCUT2D eigenvalue weighted by molar-refractivity contribution is 5.92. The van der Waals surface area contributed by atoms with Gasteiger partial charge in [-0.1, -0.05) is 5.16 Å². The third kappa shape index (κ3) is 3.01. The summed E-state index contributed by atoms with van der Waals surface area (Å²) in [6.07, 6.45) is 3.63. The summed E-state index contributed by atoms with van der Waals surface area (Å²) in [6.45, 7) is 4.34. The summed E-state index contributed by atoms with van der Waals surface area (Å²) in [5.74, 6) is 1.39.